The predicted molar refractivity (Wildman–Crippen MR) is 68.0 cm³/mol. The summed E-state index contributed by atoms with van der Waals surface area (Å²) in [6.07, 6.45) is 7.65. The Morgan fingerprint density at radius 2 is 1.95 bits per heavy atom. The van der Waals surface area contributed by atoms with Crippen LogP contribution in [0.1, 0.15) is 0 Å². The Hall–Kier alpha value is -2.96. The molecule has 7 nitrogen and oxygen atoms in total. The molecular formula is C12H10N6O. The third-order valence-corrected chi connectivity index (χ3v) is 2.54. The van der Waals surface area contributed by atoms with Crippen LogP contribution in [0.2, 0.25) is 0 Å². The maximum atomic E-state index is 11.8. The lowest BCUT2D eigenvalue weighted by Gasteiger charge is -2.06. The number of nitrogens with one attached hydrogen (secondary N) is 1. The average molecular weight is 254 g/mol. The Balaban J connectivity index is 1.75. The summed E-state index contributed by atoms with van der Waals surface area (Å²) in [7, 11) is 0. The van der Waals surface area contributed by atoms with Crippen molar-refractivity contribution in [1.29, 1.82) is 0 Å². The molecule has 1 N–H and O–H groups in total. The SMILES string of the molecule is O=C(Nc1ccc(-n2cncn2)cc1)n1ccnc1. The summed E-state index contributed by atoms with van der Waals surface area (Å²) < 4.78 is 3.01. The van der Waals surface area contributed by atoms with Gasteiger partial charge >= 0.3 is 6.03 Å². The van der Waals surface area contributed by atoms with Crippen LogP contribution in [0.3, 0.4) is 0 Å². The molecule has 0 radical (unpaired) electrons. The van der Waals surface area contributed by atoms with E-state index in [0.29, 0.717) is 5.69 Å². The van der Waals surface area contributed by atoms with Gasteiger partial charge in [0.2, 0.25) is 0 Å². The predicted octanol–water partition coefficient (Wildman–Crippen LogP) is 1.54. The summed E-state index contributed by atoms with van der Waals surface area (Å²) in [6.45, 7) is 0. The topological polar surface area (TPSA) is 77.6 Å². The summed E-state index contributed by atoms with van der Waals surface area (Å²) >= 11 is 0. The number of anilines is 1. The number of nitrogens with zero attached hydrogens (tertiary/aromatic N) is 5. The summed E-state index contributed by atoms with van der Waals surface area (Å²) in [5.41, 5.74) is 1.57. The molecule has 1 aromatic carbocycles. The average Bonchev–Trinajstić information content (AvgIpc) is 3.13. The zero-order valence-corrected chi connectivity index (χ0v) is 9.84. The van der Waals surface area contributed by atoms with E-state index >= 15 is 0 Å². The first-order valence-corrected chi connectivity index (χ1v) is 5.57. The highest BCUT2D eigenvalue weighted by atomic mass is 16.2. The molecule has 7 heteroatoms. The third kappa shape index (κ3) is 2.34. The van der Waals surface area contributed by atoms with E-state index in [9.17, 15) is 4.79 Å². The number of amides is 1. The van der Waals surface area contributed by atoms with E-state index in [1.54, 1.807) is 35.5 Å². The smallest absolute Gasteiger partial charge is 0.307 e. The Morgan fingerprint density at radius 3 is 2.58 bits per heavy atom. The number of imidazole rings is 1. The van der Waals surface area contributed by atoms with Crippen LogP contribution in [0.15, 0.2) is 55.6 Å². The van der Waals surface area contributed by atoms with Crippen molar-refractivity contribution in [3.8, 4) is 5.69 Å². The van der Waals surface area contributed by atoms with Crippen molar-refractivity contribution < 1.29 is 4.79 Å². The number of rotatable bonds is 2. The Kier molecular flexibility index (Phi) is 2.77. The molecule has 2 aromatic heterocycles. The van der Waals surface area contributed by atoms with E-state index in [2.05, 4.69) is 20.4 Å². The Bertz CT molecular complexity index is 657. The summed E-state index contributed by atoms with van der Waals surface area (Å²) in [4.78, 5) is 19.5. The van der Waals surface area contributed by atoms with Crippen molar-refractivity contribution in [3.63, 3.8) is 0 Å². The third-order valence-electron chi connectivity index (χ3n) is 2.54. The van der Waals surface area contributed by atoms with Gasteiger partial charge in [0.25, 0.3) is 0 Å². The van der Waals surface area contributed by atoms with Crippen LogP contribution >= 0.6 is 0 Å². The number of carbonyl (C=O) groups excluding carboxylic acids is 1. The number of carbonyl (C=O) groups is 1. The second-order valence-electron chi connectivity index (χ2n) is 3.79. The lowest BCUT2D eigenvalue weighted by atomic mass is 10.3. The fourth-order valence-electron chi connectivity index (χ4n) is 1.61. The first kappa shape index (κ1) is 11.1. The highest BCUT2D eigenvalue weighted by molar-refractivity contribution is 5.90. The lowest BCUT2D eigenvalue weighted by Crippen LogP contribution is -2.17. The van der Waals surface area contributed by atoms with Crippen LogP contribution in [-0.2, 0) is 0 Å². The molecule has 0 aliphatic rings. The van der Waals surface area contributed by atoms with Crippen LogP contribution in [0.5, 0.6) is 0 Å². The number of benzene rings is 1. The number of hydrogen-bond acceptors (Lipinski definition) is 4. The molecule has 94 valence electrons. The maximum absolute atomic E-state index is 11.8. The molecule has 3 rings (SSSR count). The van der Waals surface area contributed by atoms with Gasteiger partial charge in [0, 0.05) is 18.1 Å². The van der Waals surface area contributed by atoms with Gasteiger partial charge < -0.3 is 5.32 Å². The van der Waals surface area contributed by atoms with Crippen molar-refractivity contribution >= 4 is 11.7 Å². The normalized spacial score (nSPS) is 10.3. The van der Waals surface area contributed by atoms with Gasteiger partial charge in [-0.2, -0.15) is 5.10 Å². The molecule has 0 spiro atoms. The monoisotopic (exact) mass is 254 g/mol. The van der Waals surface area contributed by atoms with Crippen LogP contribution < -0.4 is 5.32 Å². The van der Waals surface area contributed by atoms with Gasteiger partial charge in [0.1, 0.15) is 19.0 Å². The molecule has 19 heavy (non-hydrogen) atoms. The molecule has 0 saturated heterocycles. The van der Waals surface area contributed by atoms with Gasteiger partial charge in [0.05, 0.1) is 5.69 Å². The van der Waals surface area contributed by atoms with E-state index in [4.69, 9.17) is 0 Å². The zero-order valence-electron chi connectivity index (χ0n) is 9.84. The van der Waals surface area contributed by atoms with E-state index < -0.39 is 0 Å². The summed E-state index contributed by atoms with van der Waals surface area (Å²) in [5.74, 6) is 0. The molecule has 0 bridgehead atoms. The zero-order chi connectivity index (χ0) is 13.1. The minimum Gasteiger partial charge on any atom is -0.307 e. The molecule has 0 aliphatic carbocycles. The van der Waals surface area contributed by atoms with Crippen molar-refractivity contribution in [2.45, 2.75) is 0 Å². The molecule has 1 amide bonds. The summed E-state index contributed by atoms with van der Waals surface area (Å²) in [5, 5.41) is 6.78. The minimum atomic E-state index is -0.258. The maximum Gasteiger partial charge on any atom is 0.331 e. The van der Waals surface area contributed by atoms with E-state index in [1.807, 2.05) is 12.1 Å². The molecule has 0 aliphatic heterocycles. The molecule has 0 fully saturated rings. The molecule has 0 atom stereocenters. The second-order valence-corrected chi connectivity index (χ2v) is 3.79. The molecular weight excluding hydrogens is 244 g/mol. The van der Waals surface area contributed by atoms with Crippen molar-refractivity contribution in [2.24, 2.45) is 0 Å². The minimum absolute atomic E-state index is 0.258. The first-order valence-electron chi connectivity index (χ1n) is 5.57. The van der Waals surface area contributed by atoms with Gasteiger partial charge in [0.15, 0.2) is 0 Å². The van der Waals surface area contributed by atoms with Crippen LogP contribution in [0.4, 0.5) is 10.5 Å². The standard InChI is InChI=1S/C12H10N6O/c19-12(17-6-5-13-8-17)16-10-1-3-11(4-2-10)18-9-14-7-15-18/h1-9H,(H,16,19). The number of hydrogen-bond donors (Lipinski definition) is 1. The fraction of sp³-hybridized carbons (Fsp3) is 0. The molecule has 0 unspecified atom stereocenters. The van der Waals surface area contributed by atoms with Gasteiger partial charge in [-0.3, -0.25) is 4.57 Å². The lowest BCUT2D eigenvalue weighted by molar-refractivity contribution is 0.253. The Morgan fingerprint density at radius 1 is 1.11 bits per heavy atom. The van der Waals surface area contributed by atoms with Crippen LogP contribution in [0, 0.1) is 0 Å². The molecule has 0 saturated carbocycles. The quantitative estimate of drug-likeness (QED) is 0.752. The van der Waals surface area contributed by atoms with Gasteiger partial charge in [-0.1, -0.05) is 0 Å². The van der Waals surface area contributed by atoms with Crippen molar-refractivity contribution in [1.82, 2.24) is 24.3 Å². The Labute approximate surface area is 108 Å². The van der Waals surface area contributed by atoms with Gasteiger partial charge in [-0.15, -0.1) is 0 Å². The van der Waals surface area contributed by atoms with Crippen molar-refractivity contribution in [2.75, 3.05) is 5.32 Å². The summed E-state index contributed by atoms with van der Waals surface area (Å²) in [6, 6.07) is 7.03. The fourth-order valence-corrected chi connectivity index (χ4v) is 1.61. The van der Waals surface area contributed by atoms with Crippen LogP contribution in [-0.4, -0.2) is 30.3 Å². The molecule has 2 heterocycles. The highest BCUT2D eigenvalue weighted by Gasteiger charge is 2.04. The van der Waals surface area contributed by atoms with Crippen LogP contribution in [0.25, 0.3) is 5.69 Å². The second kappa shape index (κ2) is 4.73. The van der Waals surface area contributed by atoms with E-state index in [-0.39, 0.29) is 6.03 Å². The van der Waals surface area contributed by atoms with E-state index in [1.165, 1.54) is 17.2 Å². The first-order chi connectivity index (χ1) is 9.33. The number of aromatic nitrogens is 5. The van der Waals surface area contributed by atoms with E-state index in [0.717, 1.165) is 5.69 Å². The largest absolute Gasteiger partial charge is 0.331 e. The van der Waals surface area contributed by atoms with Crippen molar-refractivity contribution in [3.05, 3.63) is 55.6 Å². The van der Waals surface area contributed by atoms with Gasteiger partial charge in [-0.25, -0.2) is 19.4 Å². The molecule has 3 aromatic rings. The van der Waals surface area contributed by atoms with Gasteiger partial charge in [-0.05, 0) is 24.3 Å². The highest BCUT2D eigenvalue weighted by Crippen LogP contribution is 2.12.